The zero-order valence-corrected chi connectivity index (χ0v) is 19.5. The normalized spacial score (nSPS) is 18.6. The summed E-state index contributed by atoms with van der Waals surface area (Å²) in [7, 11) is 0. The van der Waals surface area contributed by atoms with E-state index in [-0.39, 0.29) is 0 Å². The largest absolute Gasteiger partial charge is 0.378 e. The van der Waals surface area contributed by atoms with Crippen molar-refractivity contribution in [1.82, 2.24) is 15.0 Å². The quantitative estimate of drug-likeness (QED) is 0.460. The molecular formula is C25H29N7O2. The number of benzene rings is 2. The van der Waals surface area contributed by atoms with Gasteiger partial charge in [-0.1, -0.05) is 30.3 Å². The van der Waals surface area contributed by atoms with Crippen LogP contribution < -0.4 is 15.2 Å². The average Bonchev–Trinajstić information content (AvgIpc) is 3.33. The van der Waals surface area contributed by atoms with E-state index in [2.05, 4.69) is 45.6 Å². The molecule has 9 heteroatoms. The molecule has 6 rings (SSSR count). The summed E-state index contributed by atoms with van der Waals surface area (Å²) < 4.78 is 11.0. The smallest absolute Gasteiger partial charge is 0.250 e. The predicted octanol–water partition coefficient (Wildman–Crippen LogP) is 2.63. The molecule has 2 aliphatic heterocycles. The van der Waals surface area contributed by atoms with E-state index in [1.807, 2.05) is 6.92 Å². The van der Waals surface area contributed by atoms with E-state index >= 15 is 0 Å². The zero-order chi connectivity index (χ0) is 22.9. The van der Waals surface area contributed by atoms with Gasteiger partial charge >= 0.3 is 0 Å². The van der Waals surface area contributed by atoms with Crippen molar-refractivity contribution in [2.45, 2.75) is 19.8 Å². The van der Waals surface area contributed by atoms with E-state index in [0.717, 1.165) is 50.3 Å². The molecule has 1 N–H and O–H groups in total. The van der Waals surface area contributed by atoms with Crippen LogP contribution in [0.4, 0.5) is 17.8 Å². The summed E-state index contributed by atoms with van der Waals surface area (Å²) in [5, 5.41) is 7.34. The van der Waals surface area contributed by atoms with Crippen LogP contribution >= 0.6 is 0 Å². The van der Waals surface area contributed by atoms with Gasteiger partial charge in [0.15, 0.2) is 0 Å². The minimum Gasteiger partial charge on any atom is -0.378 e. The molecule has 3 aromatic rings. The van der Waals surface area contributed by atoms with Crippen molar-refractivity contribution in [3.8, 4) is 0 Å². The molecule has 0 unspecified atom stereocenters. The number of morpholine rings is 2. The Morgan fingerprint density at radius 2 is 1.44 bits per heavy atom. The maximum Gasteiger partial charge on any atom is 0.250 e. The highest BCUT2D eigenvalue weighted by Crippen LogP contribution is 2.33. The molecule has 34 heavy (non-hydrogen) atoms. The Bertz CT molecular complexity index is 1190. The second kappa shape index (κ2) is 9.15. The van der Waals surface area contributed by atoms with Gasteiger partial charge < -0.3 is 19.3 Å². The highest BCUT2D eigenvalue weighted by Gasteiger charge is 2.21. The van der Waals surface area contributed by atoms with Gasteiger partial charge in [-0.15, -0.1) is 0 Å². The van der Waals surface area contributed by atoms with E-state index in [9.17, 15) is 0 Å². The van der Waals surface area contributed by atoms with Crippen LogP contribution in [-0.4, -0.2) is 73.3 Å². The topological polar surface area (TPSA) is 88.0 Å². The molecule has 0 spiro atoms. The summed E-state index contributed by atoms with van der Waals surface area (Å²) in [6.45, 7) is 7.74. The molecule has 0 amide bonds. The minimum absolute atomic E-state index is 0.447. The molecule has 9 nitrogen and oxygen atoms in total. The lowest BCUT2D eigenvalue weighted by Gasteiger charge is -2.30. The Morgan fingerprint density at radius 1 is 0.824 bits per heavy atom. The Kier molecular flexibility index (Phi) is 5.72. The molecule has 0 atom stereocenters. The molecule has 0 radical (unpaired) electrons. The van der Waals surface area contributed by atoms with Crippen molar-refractivity contribution in [2.75, 3.05) is 67.8 Å². The predicted molar refractivity (Wildman–Crippen MR) is 133 cm³/mol. The second-order valence-electron chi connectivity index (χ2n) is 8.88. The lowest BCUT2D eigenvalue weighted by Crippen LogP contribution is -2.40. The first-order chi connectivity index (χ1) is 16.8. The minimum atomic E-state index is 0.447. The standard InChI is InChI=1S/C25H29N7O2/c1-17(20-8-7-19-6-5-18-3-2-4-21(20)22(18)19)29-30-23-26-24(31-9-13-33-14-10-31)28-25(27-23)32-11-15-34-16-12-32/h2-4,7-8H,5-6,9-16H2,1H3,(H,26,27,28,30)/b29-17-. The van der Waals surface area contributed by atoms with Gasteiger partial charge in [0.05, 0.1) is 32.1 Å². The van der Waals surface area contributed by atoms with Crippen molar-refractivity contribution in [1.29, 1.82) is 0 Å². The monoisotopic (exact) mass is 459 g/mol. The molecule has 1 aromatic heterocycles. The summed E-state index contributed by atoms with van der Waals surface area (Å²) in [6, 6.07) is 11.0. The van der Waals surface area contributed by atoms with Crippen LogP contribution in [0, 0.1) is 0 Å². The lowest BCUT2D eigenvalue weighted by molar-refractivity contribution is 0.121. The number of ether oxygens (including phenoxy) is 2. The average molecular weight is 460 g/mol. The molecule has 3 aliphatic rings. The maximum atomic E-state index is 5.51. The molecule has 0 saturated carbocycles. The third-order valence-electron chi connectivity index (χ3n) is 6.79. The summed E-state index contributed by atoms with van der Waals surface area (Å²) in [5.74, 6) is 1.75. The molecule has 2 aromatic carbocycles. The highest BCUT2D eigenvalue weighted by atomic mass is 16.5. The van der Waals surface area contributed by atoms with Crippen LogP contribution in [0.15, 0.2) is 35.4 Å². The number of nitrogens with one attached hydrogen (secondary N) is 1. The van der Waals surface area contributed by atoms with Crippen LogP contribution in [0.3, 0.4) is 0 Å². The fourth-order valence-electron chi connectivity index (χ4n) is 4.97. The van der Waals surface area contributed by atoms with E-state index < -0.39 is 0 Å². The fourth-order valence-corrected chi connectivity index (χ4v) is 4.97. The van der Waals surface area contributed by atoms with Crippen LogP contribution in [0.5, 0.6) is 0 Å². The van der Waals surface area contributed by atoms with Gasteiger partial charge in [0, 0.05) is 31.7 Å². The van der Waals surface area contributed by atoms with Gasteiger partial charge in [0.2, 0.25) is 17.8 Å². The summed E-state index contributed by atoms with van der Waals surface area (Å²) >= 11 is 0. The number of hydrogen-bond acceptors (Lipinski definition) is 9. The van der Waals surface area contributed by atoms with Crippen molar-refractivity contribution >= 4 is 34.3 Å². The summed E-state index contributed by atoms with van der Waals surface area (Å²) in [4.78, 5) is 18.4. The van der Waals surface area contributed by atoms with Gasteiger partial charge in [0.1, 0.15) is 0 Å². The van der Waals surface area contributed by atoms with Crippen LogP contribution in [0.1, 0.15) is 23.6 Å². The molecule has 176 valence electrons. The molecule has 1 aliphatic carbocycles. The van der Waals surface area contributed by atoms with Crippen LogP contribution in [0.2, 0.25) is 0 Å². The molecular weight excluding hydrogens is 430 g/mol. The molecule has 0 bridgehead atoms. The van der Waals surface area contributed by atoms with Crippen molar-refractivity contribution < 1.29 is 9.47 Å². The highest BCUT2D eigenvalue weighted by molar-refractivity contribution is 6.11. The lowest BCUT2D eigenvalue weighted by atomic mass is 9.98. The number of nitrogens with zero attached hydrogens (tertiary/aromatic N) is 6. The SMILES string of the molecule is C/C(=N/Nc1nc(N2CCOCC2)nc(N2CCOCC2)n1)c1ccc2c3c(cccc13)CC2. The Balaban J connectivity index is 1.32. The number of rotatable bonds is 5. The Morgan fingerprint density at radius 3 is 2.09 bits per heavy atom. The summed E-state index contributed by atoms with van der Waals surface area (Å²) in [6.07, 6.45) is 2.23. The summed E-state index contributed by atoms with van der Waals surface area (Å²) in [5.41, 5.74) is 8.01. The van der Waals surface area contributed by atoms with Gasteiger partial charge in [-0.25, -0.2) is 5.43 Å². The van der Waals surface area contributed by atoms with Gasteiger partial charge in [-0.2, -0.15) is 20.1 Å². The molecule has 2 fully saturated rings. The van der Waals surface area contributed by atoms with Crippen molar-refractivity contribution in [2.24, 2.45) is 5.10 Å². The van der Waals surface area contributed by atoms with E-state index in [0.29, 0.717) is 44.3 Å². The zero-order valence-electron chi connectivity index (χ0n) is 19.5. The van der Waals surface area contributed by atoms with E-state index in [4.69, 9.17) is 29.5 Å². The van der Waals surface area contributed by atoms with Crippen LogP contribution in [-0.2, 0) is 22.3 Å². The van der Waals surface area contributed by atoms with Crippen molar-refractivity contribution in [3.05, 3.63) is 47.0 Å². The number of hydrogen-bond donors (Lipinski definition) is 1. The first kappa shape index (κ1) is 21.2. The first-order valence-corrected chi connectivity index (χ1v) is 12.0. The third-order valence-corrected chi connectivity index (χ3v) is 6.79. The van der Waals surface area contributed by atoms with Gasteiger partial charge in [-0.05, 0) is 41.7 Å². The maximum absolute atomic E-state index is 5.51. The van der Waals surface area contributed by atoms with E-state index in [1.54, 1.807) is 0 Å². The number of aromatic nitrogens is 3. The molecule has 2 saturated heterocycles. The fraction of sp³-hybridized carbons (Fsp3) is 0.440. The van der Waals surface area contributed by atoms with Crippen molar-refractivity contribution in [3.63, 3.8) is 0 Å². The second-order valence-corrected chi connectivity index (χ2v) is 8.88. The number of hydrazone groups is 1. The number of anilines is 3. The van der Waals surface area contributed by atoms with E-state index in [1.165, 1.54) is 21.9 Å². The van der Waals surface area contributed by atoms with Crippen LogP contribution in [0.25, 0.3) is 10.8 Å². The first-order valence-electron chi connectivity index (χ1n) is 12.0. The van der Waals surface area contributed by atoms with Gasteiger partial charge in [0.25, 0.3) is 0 Å². The number of aryl methyl sites for hydroxylation is 2. The van der Waals surface area contributed by atoms with Gasteiger partial charge in [-0.3, -0.25) is 0 Å². The Labute approximate surface area is 198 Å². The Hall–Kier alpha value is -3.30. The third kappa shape index (κ3) is 4.05. The molecule has 3 heterocycles.